The van der Waals surface area contributed by atoms with E-state index in [9.17, 15) is 24.1 Å². The Morgan fingerprint density at radius 1 is 1.11 bits per heavy atom. The van der Waals surface area contributed by atoms with Gasteiger partial charge in [0.25, 0.3) is 0 Å². The Labute approximate surface area is 160 Å². The van der Waals surface area contributed by atoms with E-state index in [4.69, 9.17) is 0 Å². The molecule has 0 amide bonds. The summed E-state index contributed by atoms with van der Waals surface area (Å²) in [6, 6.07) is 12.8. The molecule has 0 N–H and O–H groups in total. The van der Waals surface area contributed by atoms with Crippen LogP contribution in [0, 0.1) is 39.7 Å². The van der Waals surface area contributed by atoms with Crippen molar-refractivity contribution in [2.45, 2.75) is 24.9 Å². The Bertz CT molecular complexity index is 1080. The van der Waals surface area contributed by atoms with Gasteiger partial charge < -0.3 is 4.90 Å². The molecule has 4 rings (SSSR count). The van der Waals surface area contributed by atoms with E-state index in [-0.39, 0.29) is 11.3 Å². The fraction of sp³-hybridized carbons (Fsp3) is 0.227. The maximum Gasteiger partial charge on any atom is 0.177 e. The lowest BCUT2D eigenvalue weighted by Gasteiger charge is -2.34. The van der Waals surface area contributed by atoms with Gasteiger partial charge >= 0.3 is 0 Å². The van der Waals surface area contributed by atoms with E-state index in [0.717, 1.165) is 17.2 Å². The summed E-state index contributed by atoms with van der Waals surface area (Å²) in [7, 11) is 0. The van der Waals surface area contributed by atoms with Crippen molar-refractivity contribution in [2.75, 3.05) is 0 Å². The average Bonchev–Trinajstić information content (AvgIpc) is 2.99. The third-order valence-corrected chi connectivity index (χ3v) is 5.66. The predicted octanol–water partition coefficient (Wildman–Crippen LogP) is 4.08. The Morgan fingerprint density at radius 2 is 1.82 bits per heavy atom. The highest BCUT2D eigenvalue weighted by atomic mass is 19.1. The van der Waals surface area contributed by atoms with Crippen molar-refractivity contribution in [3.05, 3.63) is 77.0 Å². The highest BCUT2D eigenvalue weighted by Crippen LogP contribution is 2.59. The summed E-state index contributed by atoms with van der Waals surface area (Å²) in [5, 5.41) is 20.3. The van der Waals surface area contributed by atoms with Crippen molar-refractivity contribution in [1.82, 2.24) is 4.90 Å². The second-order valence-corrected chi connectivity index (χ2v) is 7.09. The molecule has 4 nitrogen and oxygen atoms in total. The summed E-state index contributed by atoms with van der Waals surface area (Å²) in [6.45, 7) is 1.36. The van der Waals surface area contributed by atoms with Gasteiger partial charge in [-0.1, -0.05) is 30.3 Å². The number of hydrogen-bond donors (Lipinski definition) is 0. The van der Waals surface area contributed by atoms with E-state index in [0.29, 0.717) is 6.07 Å². The number of benzene rings is 2. The number of fused-ring (bicyclic) bond motifs is 3. The molecule has 2 aromatic rings. The van der Waals surface area contributed by atoms with Crippen LogP contribution in [0.3, 0.4) is 0 Å². The van der Waals surface area contributed by atoms with Crippen LogP contribution in [-0.4, -0.2) is 16.7 Å². The average molecular weight is 375 g/mol. The summed E-state index contributed by atoms with van der Waals surface area (Å²) >= 11 is 0. The topological polar surface area (TPSA) is 67.9 Å². The van der Waals surface area contributed by atoms with Gasteiger partial charge in [-0.2, -0.15) is 10.5 Å². The zero-order chi connectivity index (χ0) is 20.1. The Kier molecular flexibility index (Phi) is 4.01. The maximum atomic E-state index is 14.7. The molecule has 0 bridgehead atoms. The minimum atomic E-state index is -1.73. The van der Waals surface area contributed by atoms with Crippen molar-refractivity contribution >= 4 is 11.9 Å². The van der Waals surface area contributed by atoms with Crippen molar-refractivity contribution in [3.63, 3.8) is 0 Å². The molecule has 2 aliphatic rings. The molecule has 0 radical (unpaired) electrons. The molecule has 0 unspecified atom stereocenters. The second kappa shape index (κ2) is 6.28. The van der Waals surface area contributed by atoms with Gasteiger partial charge in [0.15, 0.2) is 11.2 Å². The number of rotatable bonds is 2. The largest absolute Gasteiger partial charge is 0.357 e. The number of nitrogens with zero attached hydrogens (tertiary/aromatic N) is 3. The third kappa shape index (κ3) is 2.28. The van der Waals surface area contributed by atoms with Gasteiger partial charge in [-0.05, 0) is 35.8 Å². The molecule has 3 atom stereocenters. The molecule has 138 valence electrons. The highest BCUT2D eigenvalue weighted by Gasteiger charge is 2.63. The molecule has 2 heterocycles. The van der Waals surface area contributed by atoms with Crippen LogP contribution in [0.4, 0.5) is 8.78 Å². The molecule has 0 aliphatic carbocycles. The summed E-state index contributed by atoms with van der Waals surface area (Å²) in [5.41, 5.74) is -0.175. The molecule has 1 saturated heterocycles. The van der Waals surface area contributed by atoms with E-state index in [1.807, 2.05) is 18.2 Å². The van der Waals surface area contributed by atoms with Gasteiger partial charge in [0.2, 0.25) is 0 Å². The third-order valence-electron chi connectivity index (χ3n) is 5.66. The van der Waals surface area contributed by atoms with E-state index < -0.39 is 35.1 Å². The lowest BCUT2D eigenvalue weighted by molar-refractivity contribution is -0.121. The van der Waals surface area contributed by atoms with Gasteiger partial charge in [-0.3, -0.25) is 4.79 Å². The van der Waals surface area contributed by atoms with E-state index in [1.54, 1.807) is 23.2 Å². The monoisotopic (exact) mass is 375 g/mol. The van der Waals surface area contributed by atoms with Crippen LogP contribution in [0.25, 0.3) is 6.08 Å². The predicted molar refractivity (Wildman–Crippen MR) is 97.3 cm³/mol. The first kappa shape index (κ1) is 17.9. The smallest absolute Gasteiger partial charge is 0.177 e. The fourth-order valence-electron chi connectivity index (χ4n) is 4.55. The van der Waals surface area contributed by atoms with Crippen molar-refractivity contribution in [2.24, 2.45) is 5.41 Å². The first-order chi connectivity index (χ1) is 13.4. The van der Waals surface area contributed by atoms with Gasteiger partial charge in [-0.15, -0.1) is 0 Å². The second-order valence-electron chi connectivity index (χ2n) is 7.09. The van der Waals surface area contributed by atoms with Crippen LogP contribution in [0.1, 0.15) is 35.6 Å². The fourth-order valence-corrected chi connectivity index (χ4v) is 4.55. The van der Waals surface area contributed by atoms with E-state index in [1.165, 1.54) is 13.0 Å². The zero-order valence-corrected chi connectivity index (χ0v) is 14.9. The van der Waals surface area contributed by atoms with E-state index >= 15 is 0 Å². The quantitative estimate of drug-likeness (QED) is 0.793. The van der Waals surface area contributed by atoms with E-state index in [2.05, 4.69) is 12.1 Å². The lowest BCUT2D eigenvalue weighted by atomic mass is 9.67. The van der Waals surface area contributed by atoms with Crippen molar-refractivity contribution in [3.8, 4) is 12.1 Å². The van der Waals surface area contributed by atoms with Crippen LogP contribution in [0.5, 0.6) is 0 Å². The molecular weight excluding hydrogens is 360 g/mol. The highest BCUT2D eigenvalue weighted by molar-refractivity contribution is 5.85. The first-order valence-electron chi connectivity index (χ1n) is 8.77. The molecule has 0 spiro atoms. The standard InChI is InChI=1S/C22H15F2N3O/c1-13(28)20-19(17-7-6-15(23)10-18(17)24)22(11-25,12-26)21-16-5-3-2-4-14(16)8-9-27(20)21/h2-10,19-21H,1H3/t19-,20+,21-/m1/s1. The summed E-state index contributed by atoms with van der Waals surface area (Å²) in [6.07, 6.45) is 3.49. The Balaban J connectivity index is 2.03. The summed E-state index contributed by atoms with van der Waals surface area (Å²) in [5.74, 6) is -3.00. The van der Waals surface area contributed by atoms with Gasteiger partial charge in [0.05, 0.1) is 24.2 Å². The first-order valence-corrected chi connectivity index (χ1v) is 8.77. The molecule has 0 aromatic heterocycles. The van der Waals surface area contributed by atoms with Gasteiger partial charge in [-0.25, -0.2) is 8.78 Å². The summed E-state index contributed by atoms with van der Waals surface area (Å²) in [4.78, 5) is 14.3. The van der Waals surface area contributed by atoms with Crippen LogP contribution in [-0.2, 0) is 4.79 Å². The molecule has 6 heteroatoms. The SMILES string of the molecule is CC(=O)[C@H]1[C@@H](c2ccc(F)cc2F)C(C#N)(C#N)[C@H]2c3ccccc3C=CN12. The normalized spacial score (nSPS) is 24.0. The van der Waals surface area contributed by atoms with Crippen molar-refractivity contribution in [1.29, 1.82) is 10.5 Å². The van der Waals surface area contributed by atoms with Crippen LogP contribution in [0.2, 0.25) is 0 Å². The van der Waals surface area contributed by atoms with Crippen molar-refractivity contribution < 1.29 is 13.6 Å². The summed E-state index contributed by atoms with van der Waals surface area (Å²) < 4.78 is 28.2. The number of nitriles is 2. The number of hydrogen-bond acceptors (Lipinski definition) is 4. The lowest BCUT2D eigenvalue weighted by Crippen LogP contribution is -2.36. The van der Waals surface area contributed by atoms with Crippen LogP contribution in [0.15, 0.2) is 48.7 Å². The minimum absolute atomic E-state index is 0.00928. The van der Waals surface area contributed by atoms with Crippen LogP contribution >= 0.6 is 0 Å². The van der Waals surface area contributed by atoms with Gasteiger partial charge in [0, 0.05) is 18.2 Å². The number of carbonyl (C=O) groups is 1. The zero-order valence-electron chi connectivity index (χ0n) is 14.9. The number of halogens is 2. The Hall–Kier alpha value is -3.51. The minimum Gasteiger partial charge on any atom is -0.357 e. The molecule has 28 heavy (non-hydrogen) atoms. The number of ketones is 1. The van der Waals surface area contributed by atoms with Gasteiger partial charge in [0.1, 0.15) is 11.6 Å². The molecule has 2 aliphatic heterocycles. The Morgan fingerprint density at radius 3 is 2.46 bits per heavy atom. The number of Topliss-reactive ketones (excluding diaryl/α,β-unsaturated/α-hetero) is 1. The van der Waals surface area contributed by atoms with Crippen LogP contribution < -0.4 is 0 Å². The molecule has 2 aromatic carbocycles. The molecule has 0 saturated carbocycles. The number of carbonyl (C=O) groups excluding carboxylic acids is 1. The maximum absolute atomic E-state index is 14.7. The molecular formula is C22H15F2N3O. The molecule has 1 fully saturated rings.